The van der Waals surface area contributed by atoms with E-state index in [1.165, 1.54) is 4.68 Å². The number of hydrogen-bond acceptors (Lipinski definition) is 6. The zero-order valence-electron chi connectivity index (χ0n) is 19.3. The number of aromatic nitrogens is 4. The molecule has 0 spiro atoms. The van der Waals surface area contributed by atoms with Crippen LogP contribution in [0.1, 0.15) is 46.1 Å². The van der Waals surface area contributed by atoms with E-state index in [9.17, 15) is 9.59 Å². The predicted octanol–water partition coefficient (Wildman–Crippen LogP) is 1.88. The normalized spacial score (nSPS) is 10.9. The van der Waals surface area contributed by atoms with Crippen LogP contribution in [0.25, 0.3) is 0 Å². The number of hydrogen-bond donors (Lipinski definition) is 3. The Bertz CT molecular complexity index is 1170. The van der Waals surface area contributed by atoms with Gasteiger partial charge in [-0.3, -0.25) is 14.3 Å². The van der Waals surface area contributed by atoms with Gasteiger partial charge in [0.1, 0.15) is 5.82 Å². The molecule has 9 heteroatoms. The van der Waals surface area contributed by atoms with Crippen molar-refractivity contribution < 1.29 is 4.79 Å². The van der Waals surface area contributed by atoms with Crippen molar-refractivity contribution in [1.29, 1.82) is 0 Å². The van der Waals surface area contributed by atoms with Crippen molar-refractivity contribution in [3.8, 4) is 0 Å². The average molecular weight is 438 g/mol. The van der Waals surface area contributed by atoms with Crippen LogP contribution in [0.15, 0.2) is 29.3 Å². The van der Waals surface area contributed by atoms with Crippen LogP contribution in [0, 0.1) is 27.7 Å². The summed E-state index contributed by atoms with van der Waals surface area (Å²) in [5.41, 5.74) is 14.5. The molecule has 9 nitrogen and oxygen atoms in total. The summed E-state index contributed by atoms with van der Waals surface area (Å²) in [6, 6.07) is 3.61. The minimum Gasteiger partial charge on any atom is -0.384 e. The number of carbonyl (C=O) groups is 1. The number of pyridine rings is 2. The van der Waals surface area contributed by atoms with Gasteiger partial charge in [-0.1, -0.05) is 0 Å². The summed E-state index contributed by atoms with van der Waals surface area (Å²) in [7, 11) is 0. The number of carbonyl (C=O) groups excluding carboxylic acids is 1. The average Bonchev–Trinajstić information content (AvgIpc) is 3.09. The minimum absolute atomic E-state index is 0.000474. The molecule has 32 heavy (non-hydrogen) atoms. The van der Waals surface area contributed by atoms with Gasteiger partial charge in [0.2, 0.25) is 5.91 Å². The molecule has 0 aliphatic heterocycles. The Morgan fingerprint density at radius 2 is 1.84 bits per heavy atom. The molecule has 0 saturated carbocycles. The van der Waals surface area contributed by atoms with Crippen molar-refractivity contribution in [2.75, 3.05) is 11.2 Å². The van der Waals surface area contributed by atoms with Crippen LogP contribution in [0.3, 0.4) is 0 Å². The molecule has 170 valence electrons. The van der Waals surface area contributed by atoms with Gasteiger partial charge < -0.3 is 16.5 Å². The largest absolute Gasteiger partial charge is 0.384 e. The van der Waals surface area contributed by atoms with Gasteiger partial charge in [0, 0.05) is 42.3 Å². The highest BCUT2D eigenvalue weighted by Gasteiger charge is 2.14. The molecule has 0 atom stereocenters. The van der Waals surface area contributed by atoms with Crippen LogP contribution in [0.2, 0.25) is 0 Å². The fourth-order valence-electron chi connectivity index (χ4n) is 3.64. The quantitative estimate of drug-likeness (QED) is 0.495. The molecular weight excluding hydrogens is 406 g/mol. The van der Waals surface area contributed by atoms with Gasteiger partial charge in [-0.05, 0) is 63.4 Å². The van der Waals surface area contributed by atoms with E-state index in [1.807, 2.05) is 51.6 Å². The predicted molar refractivity (Wildman–Crippen MR) is 125 cm³/mol. The molecular formula is C23H31N7O2. The van der Waals surface area contributed by atoms with E-state index >= 15 is 0 Å². The Morgan fingerprint density at radius 3 is 2.50 bits per heavy atom. The maximum Gasteiger partial charge on any atom is 0.272 e. The Hall–Kier alpha value is -3.62. The summed E-state index contributed by atoms with van der Waals surface area (Å²) in [4.78, 5) is 29.9. The van der Waals surface area contributed by atoms with Gasteiger partial charge in [0.25, 0.3) is 5.56 Å². The van der Waals surface area contributed by atoms with Gasteiger partial charge in [-0.25, -0.2) is 9.66 Å². The number of rotatable bonds is 8. The lowest BCUT2D eigenvalue weighted by atomic mass is 10.1. The van der Waals surface area contributed by atoms with Gasteiger partial charge in [-0.15, -0.1) is 0 Å². The highest BCUT2D eigenvalue weighted by molar-refractivity contribution is 5.78. The van der Waals surface area contributed by atoms with Crippen LogP contribution >= 0.6 is 0 Å². The molecule has 0 radical (unpaired) electrons. The molecule has 3 aromatic heterocycles. The number of nitrogens with two attached hydrogens (primary N) is 1. The molecule has 0 unspecified atom stereocenters. The van der Waals surface area contributed by atoms with Crippen molar-refractivity contribution >= 4 is 11.7 Å². The van der Waals surface area contributed by atoms with E-state index in [2.05, 4.69) is 20.8 Å². The van der Waals surface area contributed by atoms with Crippen molar-refractivity contribution in [2.24, 2.45) is 0 Å². The number of nitrogens with zero attached hydrogens (tertiary/aromatic N) is 4. The van der Waals surface area contributed by atoms with E-state index in [0.29, 0.717) is 24.5 Å². The fourth-order valence-corrected chi connectivity index (χ4v) is 3.64. The van der Waals surface area contributed by atoms with Gasteiger partial charge in [-0.2, -0.15) is 5.10 Å². The van der Waals surface area contributed by atoms with Gasteiger partial charge in [0.05, 0.1) is 18.7 Å². The summed E-state index contributed by atoms with van der Waals surface area (Å²) in [6.45, 7) is 11.2. The zero-order valence-corrected chi connectivity index (χ0v) is 19.3. The molecule has 0 fully saturated rings. The summed E-state index contributed by atoms with van der Waals surface area (Å²) in [6.07, 6.45) is 3.65. The highest BCUT2D eigenvalue weighted by atomic mass is 16.2. The molecule has 0 aromatic carbocycles. The Labute approximate surface area is 187 Å². The molecule has 0 saturated heterocycles. The molecule has 1 amide bonds. The van der Waals surface area contributed by atoms with Crippen LogP contribution in [-0.2, 0) is 30.8 Å². The Morgan fingerprint density at radius 1 is 1.09 bits per heavy atom. The van der Waals surface area contributed by atoms with Gasteiger partial charge in [0.15, 0.2) is 0 Å². The topological polar surface area (TPSA) is 120 Å². The van der Waals surface area contributed by atoms with Crippen LogP contribution in [0.4, 0.5) is 5.82 Å². The van der Waals surface area contributed by atoms with E-state index in [0.717, 1.165) is 40.2 Å². The second-order valence-corrected chi connectivity index (χ2v) is 7.96. The standard InChI is InChI=1S/C23H31N7O2/c1-6-29-13-18(16(4)28-29)11-26-30-8-7-14(2)19(23(30)32)10-22(31)25-12-20-15(3)9-21(24)27-17(20)5/h7-9,13,26H,6,10-12H2,1-5H3,(H2,24,27)(H,25,31). The van der Waals surface area contributed by atoms with Gasteiger partial charge >= 0.3 is 0 Å². The number of nitrogens with one attached hydrogen (secondary N) is 2. The first-order chi connectivity index (χ1) is 15.2. The summed E-state index contributed by atoms with van der Waals surface area (Å²) < 4.78 is 3.29. The van der Waals surface area contributed by atoms with Crippen molar-refractivity contribution in [1.82, 2.24) is 24.8 Å². The lowest BCUT2D eigenvalue weighted by Crippen LogP contribution is -2.34. The first-order valence-electron chi connectivity index (χ1n) is 10.7. The minimum atomic E-state index is -0.234. The molecule has 0 aliphatic rings. The molecule has 0 aliphatic carbocycles. The first kappa shape index (κ1) is 23.1. The van der Waals surface area contributed by atoms with E-state index < -0.39 is 0 Å². The SMILES string of the molecule is CCn1cc(CNn2ccc(C)c(CC(=O)NCc3c(C)cc(N)nc3C)c2=O)c(C)n1. The molecule has 4 N–H and O–H groups in total. The smallest absolute Gasteiger partial charge is 0.272 e. The van der Waals surface area contributed by atoms with E-state index in [4.69, 9.17) is 5.73 Å². The summed E-state index contributed by atoms with van der Waals surface area (Å²) in [5, 5.41) is 7.32. The fraction of sp³-hybridized carbons (Fsp3) is 0.391. The maximum atomic E-state index is 13.0. The summed E-state index contributed by atoms with van der Waals surface area (Å²) >= 11 is 0. The maximum absolute atomic E-state index is 13.0. The molecule has 3 rings (SSSR count). The second-order valence-electron chi connectivity index (χ2n) is 7.96. The van der Waals surface area contributed by atoms with E-state index in [1.54, 1.807) is 12.3 Å². The third-order valence-corrected chi connectivity index (χ3v) is 5.61. The number of anilines is 1. The third-order valence-electron chi connectivity index (χ3n) is 5.61. The van der Waals surface area contributed by atoms with Crippen molar-refractivity contribution in [2.45, 2.75) is 60.7 Å². The van der Waals surface area contributed by atoms with Crippen molar-refractivity contribution in [3.05, 3.63) is 74.1 Å². The number of nitrogen functional groups attached to an aromatic ring is 1. The second kappa shape index (κ2) is 9.67. The van der Waals surface area contributed by atoms with Crippen LogP contribution in [-0.4, -0.2) is 25.3 Å². The Balaban J connectivity index is 1.69. The monoisotopic (exact) mass is 437 g/mol. The number of amides is 1. The van der Waals surface area contributed by atoms with Crippen LogP contribution < -0.4 is 22.0 Å². The zero-order chi connectivity index (χ0) is 23.4. The lowest BCUT2D eigenvalue weighted by Gasteiger charge is -2.14. The molecule has 0 bridgehead atoms. The van der Waals surface area contributed by atoms with Crippen LogP contribution in [0.5, 0.6) is 0 Å². The molecule has 3 heterocycles. The Kier molecular flexibility index (Phi) is 6.97. The van der Waals surface area contributed by atoms with Crippen molar-refractivity contribution in [3.63, 3.8) is 0 Å². The highest BCUT2D eigenvalue weighted by Crippen LogP contribution is 2.14. The molecule has 3 aromatic rings. The third kappa shape index (κ3) is 5.16. The lowest BCUT2D eigenvalue weighted by molar-refractivity contribution is -0.120. The first-order valence-corrected chi connectivity index (χ1v) is 10.7. The van der Waals surface area contributed by atoms with E-state index in [-0.39, 0.29) is 17.9 Å². The number of aryl methyl sites for hydroxylation is 5. The summed E-state index contributed by atoms with van der Waals surface area (Å²) in [5.74, 6) is 0.235.